The van der Waals surface area contributed by atoms with E-state index in [1.54, 1.807) is 0 Å². The lowest BCUT2D eigenvalue weighted by molar-refractivity contribution is -0.158. The van der Waals surface area contributed by atoms with Gasteiger partial charge in [0.2, 0.25) is 10.0 Å². The van der Waals surface area contributed by atoms with Crippen LogP contribution < -0.4 is 4.72 Å². The lowest BCUT2D eigenvalue weighted by Crippen LogP contribution is -2.59. The number of nitrogens with one attached hydrogen (secondary N) is 1. The van der Waals surface area contributed by atoms with E-state index in [9.17, 15) is 18.6 Å². The van der Waals surface area contributed by atoms with Gasteiger partial charge in [-0.05, 0) is 0 Å². The maximum atomic E-state index is 10.9. The summed E-state index contributed by atoms with van der Waals surface area (Å²) in [7, 11) is -3.47. The van der Waals surface area contributed by atoms with Crippen LogP contribution in [-0.4, -0.2) is 67.6 Å². The second kappa shape index (κ2) is 4.73. The average Bonchev–Trinajstić information content (AvgIpc) is 2.11. The molecule has 1 saturated heterocycles. The summed E-state index contributed by atoms with van der Waals surface area (Å²) in [6, 6.07) is -0.891. The molecule has 0 bridgehead atoms. The molecule has 0 aliphatic carbocycles. The summed E-state index contributed by atoms with van der Waals surface area (Å²) in [6.45, 7) is -0.514. The molecule has 7 nitrogen and oxygen atoms in total. The first kappa shape index (κ1) is 12.8. The molecular weight excluding hydrogens is 226 g/mol. The Bertz CT molecular complexity index is 305. The summed E-state index contributed by atoms with van der Waals surface area (Å²) in [5.41, 5.74) is 0. The maximum absolute atomic E-state index is 10.9. The van der Waals surface area contributed by atoms with Crippen LogP contribution in [-0.2, 0) is 14.8 Å². The molecule has 8 heteroatoms. The van der Waals surface area contributed by atoms with Gasteiger partial charge in [-0.15, -0.1) is 0 Å². The highest BCUT2D eigenvalue weighted by Gasteiger charge is 2.39. The molecule has 1 aliphatic heterocycles. The summed E-state index contributed by atoms with van der Waals surface area (Å²) in [4.78, 5) is 0. The lowest BCUT2D eigenvalue weighted by atomic mass is 9.99. The largest absolute Gasteiger partial charge is 0.394 e. The van der Waals surface area contributed by atoms with Gasteiger partial charge >= 0.3 is 0 Å². The molecule has 1 fully saturated rings. The molecule has 0 unspecified atom stereocenters. The molecule has 0 saturated carbocycles. The molecule has 4 N–H and O–H groups in total. The Kier molecular flexibility index (Phi) is 4.04. The van der Waals surface area contributed by atoms with E-state index in [1.165, 1.54) is 0 Å². The normalized spacial score (nSPS) is 37.9. The van der Waals surface area contributed by atoms with Gasteiger partial charge < -0.3 is 20.1 Å². The molecule has 1 heterocycles. The molecule has 0 amide bonds. The van der Waals surface area contributed by atoms with Crippen LogP contribution in [0.25, 0.3) is 0 Å². The Morgan fingerprint density at radius 1 is 1.40 bits per heavy atom. The second-order valence-corrected chi connectivity index (χ2v) is 5.31. The second-order valence-electron chi connectivity index (χ2n) is 3.53. The van der Waals surface area contributed by atoms with Crippen molar-refractivity contribution in [2.24, 2.45) is 0 Å². The zero-order chi connectivity index (χ0) is 11.6. The monoisotopic (exact) mass is 241 g/mol. The maximum Gasteiger partial charge on any atom is 0.209 e. The molecular formula is C7H15NO6S. The van der Waals surface area contributed by atoms with Crippen molar-refractivity contribution in [1.29, 1.82) is 0 Å². The Morgan fingerprint density at radius 2 is 2.00 bits per heavy atom. The topological polar surface area (TPSA) is 116 Å². The van der Waals surface area contributed by atoms with E-state index in [0.717, 1.165) is 6.26 Å². The van der Waals surface area contributed by atoms with Gasteiger partial charge in [-0.1, -0.05) is 0 Å². The molecule has 0 spiro atoms. The standard InChI is InChI=1S/C7H15NO6S/c1-15(12,13)8-4-3-14-5(2-9)7(11)6(4)10/h4-11H,2-3H2,1H3/t4-,5+,6+,7-/m0/s1. The molecule has 0 aromatic carbocycles. The van der Waals surface area contributed by atoms with Crippen LogP contribution in [0.2, 0.25) is 0 Å². The third kappa shape index (κ3) is 3.37. The van der Waals surface area contributed by atoms with Crippen LogP contribution in [0.15, 0.2) is 0 Å². The molecule has 15 heavy (non-hydrogen) atoms. The van der Waals surface area contributed by atoms with Gasteiger partial charge in [0.25, 0.3) is 0 Å². The zero-order valence-corrected chi connectivity index (χ0v) is 9.01. The number of ether oxygens (including phenoxy) is 1. The van der Waals surface area contributed by atoms with Gasteiger partial charge in [-0.3, -0.25) is 0 Å². The quantitative estimate of drug-likeness (QED) is 0.419. The third-order valence-corrected chi connectivity index (χ3v) is 2.91. The van der Waals surface area contributed by atoms with E-state index < -0.39 is 41.0 Å². The van der Waals surface area contributed by atoms with Gasteiger partial charge in [-0.2, -0.15) is 0 Å². The third-order valence-electron chi connectivity index (χ3n) is 2.18. The van der Waals surface area contributed by atoms with E-state index in [-0.39, 0.29) is 6.61 Å². The molecule has 4 atom stereocenters. The smallest absolute Gasteiger partial charge is 0.209 e. The number of aliphatic hydroxyl groups is 3. The fourth-order valence-electron chi connectivity index (χ4n) is 1.42. The minimum absolute atomic E-state index is 0.0868. The number of rotatable bonds is 3. The van der Waals surface area contributed by atoms with Gasteiger partial charge in [0.1, 0.15) is 18.3 Å². The fraction of sp³-hybridized carbons (Fsp3) is 1.00. The van der Waals surface area contributed by atoms with Crippen molar-refractivity contribution in [2.45, 2.75) is 24.4 Å². The minimum atomic E-state index is -3.47. The summed E-state index contributed by atoms with van der Waals surface area (Å²) >= 11 is 0. The first-order valence-electron chi connectivity index (χ1n) is 4.41. The van der Waals surface area contributed by atoms with E-state index in [1.807, 2.05) is 0 Å². The van der Waals surface area contributed by atoms with Crippen LogP contribution in [0, 0.1) is 0 Å². The van der Waals surface area contributed by atoms with E-state index in [0.29, 0.717) is 0 Å². The minimum Gasteiger partial charge on any atom is -0.394 e. The van der Waals surface area contributed by atoms with E-state index in [4.69, 9.17) is 9.84 Å². The van der Waals surface area contributed by atoms with Crippen LogP contribution in [0.3, 0.4) is 0 Å². The molecule has 0 aromatic rings. The Labute approximate surface area is 87.7 Å². The van der Waals surface area contributed by atoms with Crippen LogP contribution in [0.4, 0.5) is 0 Å². The van der Waals surface area contributed by atoms with Crippen molar-refractivity contribution in [3.8, 4) is 0 Å². The van der Waals surface area contributed by atoms with Crippen LogP contribution in [0.5, 0.6) is 0 Å². The molecule has 1 aliphatic rings. The summed E-state index contributed by atoms with van der Waals surface area (Å²) in [6.07, 6.45) is -2.52. The van der Waals surface area contributed by atoms with E-state index in [2.05, 4.69) is 4.72 Å². The van der Waals surface area contributed by atoms with Gasteiger partial charge in [0.05, 0.1) is 25.5 Å². The predicted molar refractivity (Wildman–Crippen MR) is 50.6 cm³/mol. The molecule has 0 radical (unpaired) electrons. The van der Waals surface area contributed by atoms with Crippen molar-refractivity contribution in [2.75, 3.05) is 19.5 Å². The Morgan fingerprint density at radius 3 is 2.47 bits per heavy atom. The first-order chi connectivity index (χ1) is 6.85. The van der Waals surface area contributed by atoms with Crippen molar-refractivity contribution in [3.05, 3.63) is 0 Å². The van der Waals surface area contributed by atoms with Crippen molar-refractivity contribution in [3.63, 3.8) is 0 Å². The summed E-state index contributed by atoms with van der Waals surface area (Å²) in [5, 5.41) is 27.7. The van der Waals surface area contributed by atoms with Gasteiger partial charge in [0, 0.05) is 0 Å². The lowest BCUT2D eigenvalue weighted by Gasteiger charge is -2.36. The molecule has 1 rings (SSSR count). The summed E-state index contributed by atoms with van der Waals surface area (Å²) in [5.74, 6) is 0. The number of aliphatic hydroxyl groups excluding tert-OH is 3. The van der Waals surface area contributed by atoms with Crippen LogP contribution in [0.1, 0.15) is 0 Å². The number of hydrogen-bond acceptors (Lipinski definition) is 6. The highest BCUT2D eigenvalue weighted by molar-refractivity contribution is 7.88. The fourth-order valence-corrected chi connectivity index (χ4v) is 2.18. The van der Waals surface area contributed by atoms with Gasteiger partial charge in [-0.25, -0.2) is 13.1 Å². The Balaban J connectivity index is 2.64. The highest BCUT2D eigenvalue weighted by atomic mass is 32.2. The molecule has 90 valence electrons. The van der Waals surface area contributed by atoms with Crippen molar-refractivity contribution >= 4 is 10.0 Å². The SMILES string of the molecule is CS(=O)(=O)N[C@H]1CO[C@H](CO)[C@H](O)[C@@H]1O. The van der Waals surface area contributed by atoms with E-state index >= 15 is 0 Å². The predicted octanol–water partition coefficient (Wildman–Crippen LogP) is -2.98. The van der Waals surface area contributed by atoms with Crippen LogP contribution >= 0.6 is 0 Å². The summed E-state index contributed by atoms with van der Waals surface area (Å²) < 4.78 is 28.9. The average molecular weight is 241 g/mol. The number of sulfonamides is 1. The van der Waals surface area contributed by atoms with Crippen molar-refractivity contribution < 1.29 is 28.5 Å². The number of hydrogen-bond donors (Lipinski definition) is 4. The zero-order valence-electron chi connectivity index (χ0n) is 8.20. The highest BCUT2D eigenvalue weighted by Crippen LogP contribution is 2.15. The molecule has 0 aromatic heterocycles. The first-order valence-corrected chi connectivity index (χ1v) is 6.30. The van der Waals surface area contributed by atoms with Crippen molar-refractivity contribution in [1.82, 2.24) is 4.72 Å². The van der Waals surface area contributed by atoms with Gasteiger partial charge in [0.15, 0.2) is 0 Å². The Hall–Kier alpha value is -0.250.